The number of piperazine rings is 1. The molecule has 0 radical (unpaired) electrons. The van der Waals surface area contributed by atoms with Crippen molar-refractivity contribution in [3.05, 3.63) is 18.0 Å². The molecule has 2 saturated heterocycles. The van der Waals surface area contributed by atoms with Crippen molar-refractivity contribution in [2.75, 3.05) is 32.7 Å². The van der Waals surface area contributed by atoms with Gasteiger partial charge in [-0.2, -0.15) is 5.10 Å². The molecule has 3 heterocycles. The van der Waals surface area contributed by atoms with Crippen LogP contribution in [0.4, 0.5) is 0 Å². The number of hydrogen-bond donors (Lipinski definition) is 0. The highest BCUT2D eigenvalue weighted by Gasteiger charge is 2.35. The Labute approximate surface area is 139 Å². The lowest BCUT2D eigenvalue weighted by molar-refractivity contribution is -0.143. The average Bonchev–Trinajstić information content (AvgIpc) is 2.93. The minimum Gasteiger partial charge on any atom is -0.339 e. The van der Waals surface area contributed by atoms with E-state index >= 15 is 0 Å². The fraction of sp³-hybridized carbons (Fsp3) is 0.765. The molecule has 1 atom stereocenters. The van der Waals surface area contributed by atoms with E-state index in [1.165, 1.54) is 5.69 Å². The summed E-state index contributed by atoms with van der Waals surface area (Å²) in [6, 6.07) is 2.50. The van der Waals surface area contributed by atoms with Crippen LogP contribution >= 0.6 is 0 Å². The zero-order valence-corrected chi connectivity index (χ0v) is 14.6. The third-order valence-electron chi connectivity index (χ3n) is 5.22. The van der Waals surface area contributed by atoms with Crippen molar-refractivity contribution >= 4 is 5.91 Å². The summed E-state index contributed by atoms with van der Waals surface area (Å²) < 4.78 is 1.94. The molecule has 3 rings (SSSR count). The van der Waals surface area contributed by atoms with Crippen molar-refractivity contribution in [2.45, 2.75) is 45.3 Å². The number of amides is 1. The van der Waals surface area contributed by atoms with Crippen molar-refractivity contribution in [3.8, 4) is 0 Å². The molecule has 2 aliphatic rings. The van der Waals surface area contributed by atoms with Gasteiger partial charge in [0.1, 0.15) is 0 Å². The van der Waals surface area contributed by atoms with Crippen LogP contribution in [0.5, 0.6) is 0 Å². The van der Waals surface area contributed by atoms with Crippen molar-refractivity contribution in [1.29, 1.82) is 0 Å². The van der Waals surface area contributed by atoms with E-state index in [-0.39, 0.29) is 6.04 Å². The van der Waals surface area contributed by atoms with Gasteiger partial charge in [0.15, 0.2) is 0 Å². The predicted molar refractivity (Wildman–Crippen MR) is 89.9 cm³/mol. The van der Waals surface area contributed by atoms with E-state index in [4.69, 9.17) is 0 Å². The average molecular weight is 319 g/mol. The summed E-state index contributed by atoms with van der Waals surface area (Å²) >= 11 is 0. The highest BCUT2D eigenvalue weighted by molar-refractivity contribution is 5.82. The van der Waals surface area contributed by atoms with Crippen LogP contribution in [0.1, 0.15) is 32.4 Å². The van der Waals surface area contributed by atoms with Crippen LogP contribution in [0.15, 0.2) is 12.3 Å². The number of aryl methyl sites for hydroxylation is 1. The summed E-state index contributed by atoms with van der Waals surface area (Å²) in [5.41, 5.74) is 1.25. The standard InChI is InChI=1S/C17H29N5O/c1-14(2)22-8-4-5-16(17(22)23)21-11-9-20(10-12-21)13-15-6-7-18-19(15)3/h6-7,14,16H,4-5,8-13H2,1-3H3. The number of piperidine rings is 1. The van der Waals surface area contributed by atoms with Crippen LogP contribution in [0.25, 0.3) is 0 Å². The summed E-state index contributed by atoms with van der Waals surface area (Å²) in [4.78, 5) is 19.6. The van der Waals surface area contributed by atoms with E-state index in [0.717, 1.165) is 52.1 Å². The van der Waals surface area contributed by atoms with E-state index < -0.39 is 0 Å². The number of carbonyl (C=O) groups excluding carboxylic acids is 1. The van der Waals surface area contributed by atoms with Crippen LogP contribution < -0.4 is 0 Å². The second-order valence-electron chi connectivity index (χ2n) is 7.04. The molecular formula is C17H29N5O. The Hall–Kier alpha value is -1.40. The van der Waals surface area contributed by atoms with Crippen LogP contribution in [-0.4, -0.2) is 75.2 Å². The Kier molecular flexibility index (Phi) is 5.02. The van der Waals surface area contributed by atoms with Crippen molar-refractivity contribution < 1.29 is 4.79 Å². The summed E-state index contributed by atoms with van der Waals surface area (Å²) in [5.74, 6) is 0.339. The molecule has 0 spiro atoms. The summed E-state index contributed by atoms with van der Waals surface area (Å²) in [6.07, 6.45) is 4.00. The van der Waals surface area contributed by atoms with Gasteiger partial charge in [-0.25, -0.2) is 0 Å². The quantitative estimate of drug-likeness (QED) is 0.828. The van der Waals surface area contributed by atoms with Gasteiger partial charge >= 0.3 is 0 Å². The van der Waals surface area contributed by atoms with Gasteiger partial charge in [-0.05, 0) is 32.8 Å². The summed E-state index contributed by atoms with van der Waals surface area (Å²) in [5, 5.41) is 4.23. The Morgan fingerprint density at radius 2 is 1.96 bits per heavy atom. The third kappa shape index (κ3) is 3.58. The van der Waals surface area contributed by atoms with Crippen molar-refractivity contribution in [3.63, 3.8) is 0 Å². The van der Waals surface area contributed by atoms with Crippen LogP contribution in [0.3, 0.4) is 0 Å². The molecule has 6 nitrogen and oxygen atoms in total. The largest absolute Gasteiger partial charge is 0.339 e. The SMILES string of the molecule is CC(C)N1CCCC(N2CCN(Cc3ccnn3C)CC2)C1=O. The Morgan fingerprint density at radius 3 is 2.57 bits per heavy atom. The van der Waals surface area contributed by atoms with E-state index in [1.54, 1.807) is 0 Å². The Morgan fingerprint density at radius 1 is 1.22 bits per heavy atom. The molecular weight excluding hydrogens is 290 g/mol. The fourth-order valence-corrected chi connectivity index (χ4v) is 3.75. The van der Waals surface area contributed by atoms with Gasteiger partial charge in [-0.15, -0.1) is 0 Å². The molecule has 1 amide bonds. The molecule has 1 aromatic rings. The molecule has 1 unspecified atom stereocenters. The first-order chi connectivity index (χ1) is 11.1. The highest BCUT2D eigenvalue weighted by Crippen LogP contribution is 2.21. The molecule has 23 heavy (non-hydrogen) atoms. The first kappa shape index (κ1) is 16.5. The molecule has 1 aromatic heterocycles. The highest BCUT2D eigenvalue weighted by atomic mass is 16.2. The predicted octanol–water partition coefficient (Wildman–Crippen LogP) is 0.937. The second kappa shape index (κ2) is 7.01. The number of carbonyl (C=O) groups is 1. The molecule has 0 aliphatic carbocycles. The summed E-state index contributed by atoms with van der Waals surface area (Å²) in [6.45, 7) is 10.1. The van der Waals surface area contributed by atoms with Gasteiger partial charge in [-0.1, -0.05) is 0 Å². The van der Waals surface area contributed by atoms with E-state index in [1.807, 2.05) is 17.9 Å². The van der Waals surface area contributed by atoms with Gasteiger partial charge < -0.3 is 4.90 Å². The lowest BCUT2D eigenvalue weighted by Crippen LogP contribution is -2.58. The fourth-order valence-electron chi connectivity index (χ4n) is 3.75. The molecule has 128 valence electrons. The van der Waals surface area contributed by atoms with Crippen LogP contribution in [-0.2, 0) is 18.4 Å². The zero-order valence-electron chi connectivity index (χ0n) is 14.6. The topological polar surface area (TPSA) is 44.6 Å². The second-order valence-corrected chi connectivity index (χ2v) is 7.04. The minimum atomic E-state index is 0.102. The lowest BCUT2D eigenvalue weighted by atomic mass is 10.0. The van der Waals surface area contributed by atoms with E-state index in [0.29, 0.717) is 11.9 Å². The number of aromatic nitrogens is 2. The zero-order chi connectivity index (χ0) is 16.4. The molecule has 2 aliphatic heterocycles. The number of hydrogen-bond acceptors (Lipinski definition) is 4. The molecule has 6 heteroatoms. The van der Waals surface area contributed by atoms with Gasteiger partial charge in [0.25, 0.3) is 0 Å². The molecule has 0 bridgehead atoms. The lowest BCUT2D eigenvalue weighted by Gasteiger charge is -2.43. The maximum Gasteiger partial charge on any atom is 0.240 e. The maximum atomic E-state index is 12.7. The van der Waals surface area contributed by atoms with E-state index in [2.05, 4.69) is 39.7 Å². The first-order valence-electron chi connectivity index (χ1n) is 8.80. The van der Waals surface area contributed by atoms with Gasteiger partial charge in [0.2, 0.25) is 5.91 Å². The number of likely N-dealkylation sites (tertiary alicyclic amines) is 1. The van der Waals surface area contributed by atoms with Gasteiger partial charge in [-0.3, -0.25) is 19.3 Å². The maximum absolute atomic E-state index is 12.7. The monoisotopic (exact) mass is 319 g/mol. The summed E-state index contributed by atoms with van der Waals surface area (Å²) in [7, 11) is 1.99. The third-order valence-corrected chi connectivity index (χ3v) is 5.22. The van der Waals surface area contributed by atoms with Gasteiger partial charge in [0.05, 0.1) is 11.7 Å². The van der Waals surface area contributed by atoms with E-state index in [9.17, 15) is 4.79 Å². The van der Waals surface area contributed by atoms with Gasteiger partial charge in [0, 0.05) is 58.6 Å². The smallest absolute Gasteiger partial charge is 0.240 e. The molecule has 0 saturated carbocycles. The Bertz CT molecular complexity index is 533. The first-order valence-corrected chi connectivity index (χ1v) is 8.80. The molecule has 0 aromatic carbocycles. The molecule has 0 N–H and O–H groups in total. The Balaban J connectivity index is 1.54. The normalized spacial score (nSPS) is 24.6. The van der Waals surface area contributed by atoms with Crippen LogP contribution in [0, 0.1) is 0 Å². The van der Waals surface area contributed by atoms with Crippen LogP contribution in [0.2, 0.25) is 0 Å². The number of rotatable bonds is 4. The molecule has 2 fully saturated rings. The van der Waals surface area contributed by atoms with Crippen molar-refractivity contribution in [1.82, 2.24) is 24.5 Å². The van der Waals surface area contributed by atoms with Crippen molar-refractivity contribution in [2.24, 2.45) is 7.05 Å². The number of nitrogens with zero attached hydrogens (tertiary/aromatic N) is 5. The minimum absolute atomic E-state index is 0.102.